The van der Waals surface area contributed by atoms with Crippen LogP contribution in [-0.4, -0.2) is 17.6 Å². The van der Waals surface area contributed by atoms with E-state index >= 15 is 0 Å². The van der Waals surface area contributed by atoms with E-state index in [0.29, 0.717) is 5.92 Å². The van der Waals surface area contributed by atoms with Gasteiger partial charge in [0.1, 0.15) is 0 Å². The normalized spacial score (nSPS) is 13.0. The number of benzene rings is 1. The van der Waals surface area contributed by atoms with E-state index in [2.05, 4.69) is 38.2 Å². The molecule has 0 saturated heterocycles. The third-order valence-electron chi connectivity index (χ3n) is 3.80. The Labute approximate surface area is 115 Å². The lowest BCUT2D eigenvalue weighted by atomic mass is 9.81. The van der Waals surface area contributed by atoms with Crippen LogP contribution in [0.15, 0.2) is 29.4 Å². The Morgan fingerprint density at radius 1 is 1.42 bits per heavy atom. The van der Waals surface area contributed by atoms with Crippen molar-refractivity contribution in [1.29, 1.82) is 0 Å². The molecule has 0 aromatic heterocycles. The molecule has 1 aromatic carbocycles. The first-order valence-corrected chi connectivity index (χ1v) is 6.64. The zero-order valence-electron chi connectivity index (χ0n) is 12.3. The Bertz CT molecular complexity index is 439. The summed E-state index contributed by atoms with van der Waals surface area (Å²) in [4.78, 5) is 0. The minimum atomic E-state index is 0.143. The Morgan fingerprint density at radius 2 is 2.11 bits per heavy atom. The summed E-state index contributed by atoms with van der Waals surface area (Å²) >= 11 is 0. The largest absolute Gasteiger partial charge is 0.409 e. The summed E-state index contributed by atoms with van der Waals surface area (Å²) in [5.74, 6) is 0.771. The SMILES string of the molecule is CC(C)C(C)(C)CNCc1cccc(/C(N)=N/O)c1. The summed E-state index contributed by atoms with van der Waals surface area (Å²) < 4.78 is 0. The van der Waals surface area contributed by atoms with Crippen LogP contribution in [0.5, 0.6) is 0 Å². The fourth-order valence-electron chi connectivity index (χ4n) is 1.63. The standard InChI is InChI=1S/C15H25N3O/c1-11(2)15(3,4)10-17-9-12-6-5-7-13(8-12)14(16)18-19/h5-8,11,17,19H,9-10H2,1-4H3,(H2,16,18). The second-order valence-electron chi connectivity index (χ2n) is 5.93. The number of nitrogens with one attached hydrogen (secondary N) is 1. The maximum Gasteiger partial charge on any atom is 0.170 e. The highest BCUT2D eigenvalue weighted by Gasteiger charge is 2.21. The number of hydrogen-bond donors (Lipinski definition) is 3. The highest BCUT2D eigenvalue weighted by atomic mass is 16.4. The van der Waals surface area contributed by atoms with Crippen LogP contribution in [0, 0.1) is 11.3 Å². The number of nitrogens with two attached hydrogens (primary N) is 1. The third kappa shape index (κ3) is 4.56. The van der Waals surface area contributed by atoms with E-state index in [0.717, 1.165) is 24.2 Å². The highest BCUT2D eigenvalue weighted by molar-refractivity contribution is 5.97. The maximum absolute atomic E-state index is 8.67. The minimum Gasteiger partial charge on any atom is -0.409 e. The lowest BCUT2D eigenvalue weighted by molar-refractivity contribution is 0.238. The van der Waals surface area contributed by atoms with Gasteiger partial charge in [0.25, 0.3) is 0 Å². The molecule has 0 heterocycles. The molecule has 0 amide bonds. The Hall–Kier alpha value is -1.55. The van der Waals surface area contributed by atoms with Crippen molar-refractivity contribution in [3.05, 3.63) is 35.4 Å². The Balaban J connectivity index is 2.60. The van der Waals surface area contributed by atoms with Crippen LogP contribution in [0.1, 0.15) is 38.8 Å². The van der Waals surface area contributed by atoms with E-state index < -0.39 is 0 Å². The molecule has 0 spiro atoms. The van der Waals surface area contributed by atoms with Crippen LogP contribution >= 0.6 is 0 Å². The molecule has 0 fully saturated rings. The molecule has 4 heteroatoms. The zero-order chi connectivity index (χ0) is 14.5. The van der Waals surface area contributed by atoms with Crippen LogP contribution in [0.25, 0.3) is 0 Å². The van der Waals surface area contributed by atoms with E-state index in [1.165, 1.54) is 0 Å². The van der Waals surface area contributed by atoms with Gasteiger partial charge in [-0.05, 0) is 23.0 Å². The maximum atomic E-state index is 8.67. The monoisotopic (exact) mass is 263 g/mol. The van der Waals surface area contributed by atoms with Crippen molar-refractivity contribution in [2.24, 2.45) is 22.2 Å². The topological polar surface area (TPSA) is 70.6 Å². The van der Waals surface area contributed by atoms with Gasteiger partial charge in [0.2, 0.25) is 0 Å². The van der Waals surface area contributed by atoms with E-state index in [1.807, 2.05) is 24.3 Å². The van der Waals surface area contributed by atoms with E-state index in [4.69, 9.17) is 10.9 Å². The molecule has 0 aliphatic carbocycles. The number of nitrogens with zero attached hydrogens (tertiary/aromatic N) is 1. The molecule has 0 aliphatic rings. The average molecular weight is 263 g/mol. The lowest BCUT2D eigenvalue weighted by Crippen LogP contribution is -2.33. The summed E-state index contributed by atoms with van der Waals surface area (Å²) in [7, 11) is 0. The predicted octanol–water partition coefficient (Wildman–Crippen LogP) is 2.55. The van der Waals surface area contributed by atoms with Crippen molar-refractivity contribution in [2.45, 2.75) is 34.2 Å². The minimum absolute atomic E-state index is 0.143. The van der Waals surface area contributed by atoms with Crippen LogP contribution in [0.4, 0.5) is 0 Å². The smallest absolute Gasteiger partial charge is 0.170 e. The quantitative estimate of drug-likeness (QED) is 0.320. The first-order chi connectivity index (χ1) is 8.86. The molecule has 1 aromatic rings. The van der Waals surface area contributed by atoms with Gasteiger partial charge in [-0.15, -0.1) is 0 Å². The van der Waals surface area contributed by atoms with E-state index in [1.54, 1.807) is 0 Å². The molecule has 4 N–H and O–H groups in total. The third-order valence-corrected chi connectivity index (χ3v) is 3.80. The number of oxime groups is 1. The van der Waals surface area contributed by atoms with Crippen LogP contribution in [0.2, 0.25) is 0 Å². The van der Waals surface area contributed by atoms with Crippen molar-refractivity contribution >= 4 is 5.84 Å². The fraction of sp³-hybridized carbons (Fsp3) is 0.533. The van der Waals surface area contributed by atoms with Gasteiger partial charge in [0.15, 0.2) is 5.84 Å². The van der Waals surface area contributed by atoms with Crippen molar-refractivity contribution < 1.29 is 5.21 Å². The van der Waals surface area contributed by atoms with Crippen LogP contribution in [0.3, 0.4) is 0 Å². The molecule has 0 bridgehead atoms. The predicted molar refractivity (Wildman–Crippen MR) is 79.3 cm³/mol. The molecular formula is C15H25N3O. The summed E-state index contributed by atoms with van der Waals surface area (Å²) in [5.41, 5.74) is 7.72. The van der Waals surface area contributed by atoms with Gasteiger partial charge in [-0.2, -0.15) is 0 Å². The number of hydrogen-bond acceptors (Lipinski definition) is 3. The van der Waals surface area contributed by atoms with Crippen molar-refractivity contribution in [2.75, 3.05) is 6.54 Å². The second kappa shape index (κ2) is 6.57. The van der Waals surface area contributed by atoms with Gasteiger partial charge in [-0.25, -0.2) is 0 Å². The van der Waals surface area contributed by atoms with Gasteiger partial charge >= 0.3 is 0 Å². The van der Waals surface area contributed by atoms with Crippen LogP contribution in [-0.2, 0) is 6.54 Å². The number of rotatable bonds is 6. The van der Waals surface area contributed by atoms with E-state index in [9.17, 15) is 0 Å². The summed E-state index contributed by atoms with van der Waals surface area (Å²) in [6, 6.07) is 7.71. The van der Waals surface area contributed by atoms with Gasteiger partial charge in [0, 0.05) is 18.7 Å². The van der Waals surface area contributed by atoms with Crippen LogP contribution < -0.4 is 11.1 Å². The fourth-order valence-corrected chi connectivity index (χ4v) is 1.63. The molecular weight excluding hydrogens is 238 g/mol. The van der Waals surface area contributed by atoms with Crippen molar-refractivity contribution in [1.82, 2.24) is 5.32 Å². The van der Waals surface area contributed by atoms with Gasteiger partial charge in [-0.1, -0.05) is 51.0 Å². The molecule has 0 unspecified atom stereocenters. The Morgan fingerprint density at radius 3 is 2.68 bits per heavy atom. The van der Waals surface area contributed by atoms with Gasteiger partial charge in [-0.3, -0.25) is 0 Å². The first-order valence-electron chi connectivity index (χ1n) is 6.64. The molecule has 0 aliphatic heterocycles. The molecule has 106 valence electrons. The molecule has 1 rings (SSSR count). The molecule has 4 nitrogen and oxygen atoms in total. The summed E-state index contributed by atoms with van der Waals surface area (Å²) in [6.45, 7) is 10.7. The lowest BCUT2D eigenvalue weighted by Gasteiger charge is -2.29. The molecule has 0 saturated carbocycles. The molecule has 0 atom stereocenters. The summed E-state index contributed by atoms with van der Waals surface area (Å²) in [6.07, 6.45) is 0. The average Bonchev–Trinajstić information content (AvgIpc) is 2.37. The Kier molecular flexibility index (Phi) is 5.36. The molecule has 19 heavy (non-hydrogen) atoms. The zero-order valence-corrected chi connectivity index (χ0v) is 12.3. The highest BCUT2D eigenvalue weighted by Crippen LogP contribution is 2.24. The second-order valence-corrected chi connectivity index (χ2v) is 5.93. The number of amidine groups is 1. The van der Waals surface area contributed by atoms with Crippen molar-refractivity contribution in [3.63, 3.8) is 0 Å². The first kappa shape index (κ1) is 15.5. The van der Waals surface area contributed by atoms with Crippen molar-refractivity contribution in [3.8, 4) is 0 Å². The van der Waals surface area contributed by atoms with Gasteiger partial charge < -0.3 is 16.3 Å². The molecule has 0 radical (unpaired) electrons. The summed E-state index contributed by atoms with van der Waals surface area (Å²) in [5, 5.41) is 15.2. The van der Waals surface area contributed by atoms with Gasteiger partial charge in [0.05, 0.1) is 0 Å². The van der Waals surface area contributed by atoms with E-state index in [-0.39, 0.29) is 11.3 Å².